The first-order valence-electron chi connectivity index (χ1n) is 7.85. The van der Waals surface area contributed by atoms with Crippen LogP contribution in [-0.4, -0.2) is 41.5 Å². The molecule has 1 heterocycles. The number of aromatic nitrogens is 2. The summed E-state index contributed by atoms with van der Waals surface area (Å²) in [5.41, 5.74) is 0.241. The molecule has 0 radical (unpaired) electrons. The molecule has 0 aliphatic carbocycles. The molecular formula is C17H19ClN4O3. The zero-order chi connectivity index (χ0) is 17.9. The molecule has 8 heteroatoms. The minimum absolute atomic E-state index is 0.100. The van der Waals surface area contributed by atoms with E-state index in [9.17, 15) is 9.59 Å². The Balaban J connectivity index is 1.54. The average molecular weight is 363 g/mol. The van der Waals surface area contributed by atoms with E-state index in [1.165, 1.54) is 18.6 Å². The Bertz CT molecular complexity index is 697. The number of hydrogen-bond donors (Lipinski definition) is 2. The number of para-hydroxylation sites is 1. The van der Waals surface area contributed by atoms with Gasteiger partial charge >= 0.3 is 0 Å². The molecule has 2 aromatic rings. The van der Waals surface area contributed by atoms with Gasteiger partial charge in [-0.3, -0.25) is 14.6 Å². The maximum absolute atomic E-state index is 11.7. The molecule has 0 atom stereocenters. The van der Waals surface area contributed by atoms with E-state index in [1.807, 2.05) is 12.1 Å². The molecule has 0 aliphatic heterocycles. The number of nitrogens with zero attached hydrogens (tertiary/aromatic N) is 2. The summed E-state index contributed by atoms with van der Waals surface area (Å²) in [6, 6.07) is 7.19. The van der Waals surface area contributed by atoms with E-state index < -0.39 is 0 Å². The summed E-state index contributed by atoms with van der Waals surface area (Å²) < 4.78 is 5.51. The van der Waals surface area contributed by atoms with Crippen LogP contribution in [0.4, 0.5) is 0 Å². The summed E-state index contributed by atoms with van der Waals surface area (Å²) in [7, 11) is 0. The number of ether oxygens (including phenoxy) is 1. The van der Waals surface area contributed by atoms with Crippen molar-refractivity contribution in [3.05, 3.63) is 53.6 Å². The normalized spacial score (nSPS) is 10.1. The molecule has 2 amide bonds. The van der Waals surface area contributed by atoms with E-state index in [-0.39, 0.29) is 17.5 Å². The van der Waals surface area contributed by atoms with Crippen molar-refractivity contribution in [3.8, 4) is 5.75 Å². The van der Waals surface area contributed by atoms with Gasteiger partial charge in [-0.15, -0.1) is 0 Å². The third kappa shape index (κ3) is 6.76. The van der Waals surface area contributed by atoms with Crippen LogP contribution in [0.3, 0.4) is 0 Å². The Hall–Kier alpha value is -2.67. The van der Waals surface area contributed by atoms with Crippen molar-refractivity contribution in [2.45, 2.75) is 12.8 Å². The predicted octanol–water partition coefficient (Wildman–Crippen LogP) is 1.84. The van der Waals surface area contributed by atoms with Crippen LogP contribution in [0.1, 0.15) is 23.3 Å². The lowest BCUT2D eigenvalue weighted by Gasteiger charge is -2.08. The number of carbonyl (C=O) groups excluding carboxylic acids is 2. The topological polar surface area (TPSA) is 93.2 Å². The number of carbonyl (C=O) groups is 2. The molecule has 0 saturated heterocycles. The first kappa shape index (κ1) is 18.7. The first-order chi connectivity index (χ1) is 12.2. The number of benzene rings is 1. The summed E-state index contributed by atoms with van der Waals surface area (Å²) in [6.45, 7) is 1.06. The van der Waals surface area contributed by atoms with Crippen LogP contribution in [0, 0.1) is 0 Å². The Labute approximate surface area is 150 Å². The monoisotopic (exact) mass is 362 g/mol. The molecule has 1 aromatic heterocycles. The van der Waals surface area contributed by atoms with Gasteiger partial charge in [-0.1, -0.05) is 23.7 Å². The highest BCUT2D eigenvalue weighted by Gasteiger charge is 2.06. The summed E-state index contributed by atoms with van der Waals surface area (Å²) >= 11 is 5.97. The van der Waals surface area contributed by atoms with Gasteiger partial charge in [0, 0.05) is 31.9 Å². The maximum atomic E-state index is 11.7. The molecule has 7 nitrogen and oxygen atoms in total. The lowest BCUT2D eigenvalue weighted by molar-refractivity contribution is -0.121. The van der Waals surface area contributed by atoms with E-state index in [0.29, 0.717) is 43.3 Å². The molecular weight excluding hydrogens is 344 g/mol. The molecule has 0 spiro atoms. The minimum Gasteiger partial charge on any atom is -0.492 e. The molecule has 132 valence electrons. The van der Waals surface area contributed by atoms with Crippen LogP contribution in [0.25, 0.3) is 0 Å². The van der Waals surface area contributed by atoms with Crippen molar-refractivity contribution >= 4 is 23.4 Å². The molecule has 0 fully saturated rings. The second kappa shape index (κ2) is 10.2. The van der Waals surface area contributed by atoms with Crippen LogP contribution >= 0.6 is 11.6 Å². The van der Waals surface area contributed by atoms with Crippen molar-refractivity contribution in [1.29, 1.82) is 0 Å². The van der Waals surface area contributed by atoms with Crippen LogP contribution in [0.15, 0.2) is 42.9 Å². The smallest absolute Gasteiger partial charge is 0.271 e. The Morgan fingerprint density at radius 2 is 1.92 bits per heavy atom. The van der Waals surface area contributed by atoms with Gasteiger partial charge in [0.05, 0.1) is 17.8 Å². The van der Waals surface area contributed by atoms with Gasteiger partial charge in [-0.2, -0.15) is 0 Å². The number of hydrogen-bond acceptors (Lipinski definition) is 5. The zero-order valence-corrected chi connectivity index (χ0v) is 14.3. The maximum Gasteiger partial charge on any atom is 0.271 e. The Morgan fingerprint density at radius 1 is 1.12 bits per heavy atom. The second-order valence-electron chi connectivity index (χ2n) is 5.08. The fraction of sp³-hybridized carbons (Fsp3) is 0.294. The number of nitrogens with one attached hydrogen (secondary N) is 2. The van der Waals surface area contributed by atoms with Crippen LogP contribution in [-0.2, 0) is 4.79 Å². The lowest BCUT2D eigenvalue weighted by Crippen LogP contribution is -2.35. The van der Waals surface area contributed by atoms with E-state index >= 15 is 0 Å². The van der Waals surface area contributed by atoms with Gasteiger partial charge in [-0.25, -0.2) is 4.98 Å². The molecule has 0 bridgehead atoms. The summed E-state index contributed by atoms with van der Waals surface area (Å²) in [5, 5.41) is 5.93. The molecule has 0 aliphatic rings. The minimum atomic E-state index is -0.324. The summed E-state index contributed by atoms with van der Waals surface area (Å²) in [5.74, 6) is 0.184. The molecule has 0 unspecified atom stereocenters. The highest BCUT2D eigenvalue weighted by Crippen LogP contribution is 2.23. The number of amides is 2. The van der Waals surface area contributed by atoms with Crippen molar-refractivity contribution in [3.63, 3.8) is 0 Å². The summed E-state index contributed by atoms with van der Waals surface area (Å²) in [4.78, 5) is 31.1. The molecule has 2 N–H and O–H groups in total. The predicted molar refractivity (Wildman–Crippen MR) is 93.6 cm³/mol. The summed E-state index contributed by atoms with van der Waals surface area (Å²) in [6.07, 6.45) is 5.23. The van der Waals surface area contributed by atoms with Gasteiger partial charge in [0.15, 0.2) is 0 Å². The average Bonchev–Trinajstić information content (AvgIpc) is 2.64. The fourth-order valence-corrected chi connectivity index (χ4v) is 2.14. The van der Waals surface area contributed by atoms with Gasteiger partial charge in [0.2, 0.25) is 5.91 Å². The lowest BCUT2D eigenvalue weighted by atomic mass is 10.3. The third-order valence-corrected chi connectivity index (χ3v) is 3.48. The second-order valence-corrected chi connectivity index (χ2v) is 5.49. The number of rotatable bonds is 9. The standard InChI is InChI=1S/C17H19ClN4O3/c18-13-4-1-2-5-15(13)25-11-3-6-16(23)21-9-10-22-17(24)14-12-19-7-8-20-14/h1-2,4-5,7-8,12H,3,6,9-11H2,(H,21,23)(H,22,24). The van der Waals surface area contributed by atoms with Gasteiger partial charge in [0.1, 0.15) is 11.4 Å². The highest BCUT2D eigenvalue weighted by atomic mass is 35.5. The van der Waals surface area contributed by atoms with Crippen molar-refractivity contribution in [2.24, 2.45) is 0 Å². The molecule has 0 saturated carbocycles. The van der Waals surface area contributed by atoms with Gasteiger partial charge in [-0.05, 0) is 18.6 Å². The molecule has 2 rings (SSSR count). The molecule has 1 aromatic carbocycles. The fourth-order valence-electron chi connectivity index (χ4n) is 1.95. The third-order valence-electron chi connectivity index (χ3n) is 3.17. The Morgan fingerprint density at radius 3 is 2.68 bits per heavy atom. The van der Waals surface area contributed by atoms with E-state index in [1.54, 1.807) is 12.1 Å². The highest BCUT2D eigenvalue weighted by molar-refractivity contribution is 6.32. The van der Waals surface area contributed by atoms with Crippen LogP contribution in [0.2, 0.25) is 5.02 Å². The van der Waals surface area contributed by atoms with E-state index in [2.05, 4.69) is 20.6 Å². The quantitative estimate of drug-likeness (QED) is 0.664. The van der Waals surface area contributed by atoms with Crippen molar-refractivity contribution < 1.29 is 14.3 Å². The Kier molecular flexibility index (Phi) is 7.65. The SMILES string of the molecule is O=C(CCCOc1ccccc1Cl)NCCNC(=O)c1cnccn1. The van der Waals surface area contributed by atoms with Gasteiger partial charge in [0.25, 0.3) is 5.91 Å². The van der Waals surface area contributed by atoms with Crippen molar-refractivity contribution in [2.75, 3.05) is 19.7 Å². The first-order valence-corrected chi connectivity index (χ1v) is 8.23. The van der Waals surface area contributed by atoms with E-state index in [0.717, 1.165) is 0 Å². The van der Waals surface area contributed by atoms with Crippen LogP contribution in [0.5, 0.6) is 5.75 Å². The zero-order valence-electron chi connectivity index (χ0n) is 13.6. The van der Waals surface area contributed by atoms with Crippen molar-refractivity contribution in [1.82, 2.24) is 20.6 Å². The number of halogens is 1. The molecule has 25 heavy (non-hydrogen) atoms. The van der Waals surface area contributed by atoms with E-state index in [4.69, 9.17) is 16.3 Å². The van der Waals surface area contributed by atoms with Gasteiger partial charge < -0.3 is 15.4 Å². The van der Waals surface area contributed by atoms with Crippen LogP contribution < -0.4 is 15.4 Å². The largest absolute Gasteiger partial charge is 0.492 e.